The topological polar surface area (TPSA) is 67.8 Å². The van der Waals surface area contributed by atoms with Gasteiger partial charge in [0.1, 0.15) is 5.82 Å². The van der Waals surface area contributed by atoms with Crippen LogP contribution in [-0.4, -0.2) is 21.1 Å². The van der Waals surface area contributed by atoms with E-state index in [1.807, 2.05) is 0 Å². The zero-order chi connectivity index (χ0) is 12.3. The number of halogens is 2. The van der Waals surface area contributed by atoms with Gasteiger partial charge in [0.2, 0.25) is 5.95 Å². The molecule has 1 heterocycles. The summed E-state index contributed by atoms with van der Waals surface area (Å²) in [7, 11) is 0. The van der Waals surface area contributed by atoms with Crippen LogP contribution < -0.4 is 5.32 Å². The molecule has 0 aliphatic carbocycles. The molecule has 0 fully saturated rings. The minimum Gasteiger partial charge on any atom is -0.289 e. The number of aromatic nitrogens is 3. The number of benzene rings is 1. The Hall–Kier alpha value is -1.89. The van der Waals surface area contributed by atoms with Gasteiger partial charge in [-0.25, -0.2) is 9.37 Å². The van der Waals surface area contributed by atoms with Crippen LogP contribution in [0.4, 0.5) is 10.3 Å². The molecular weight excluding hydrogens is 291 g/mol. The zero-order valence-electron chi connectivity index (χ0n) is 8.39. The average Bonchev–Trinajstić information content (AvgIpc) is 2.33. The fourth-order valence-electron chi connectivity index (χ4n) is 1.15. The van der Waals surface area contributed by atoms with Gasteiger partial charge in [-0.3, -0.25) is 10.1 Å². The molecule has 0 aliphatic heterocycles. The van der Waals surface area contributed by atoms with E-state index in [2.05, 4.69) is 36.4 Å². The Kier molecular flexibility index (Phi) is 3.38. The SMILES string of the molecule is O=C(Nc1nccnn1)c1cc(Br)ccc1F. The van der Waals surface area contributed by atoms with Crippen molar-refractivity contribution < 1.29 is 9.18 Å². The van der Waals surface area contributed by atoms with Gasteiger partial charge in [-0.05, 0) is 18.2 Å². The van der Waals surface area contributed by atoms with E-state index in [9.17, 15) is 9.18 Å². The number of amides is 1. The van der Waals surface area contributed by atoms with Crippen LogP contribution in [0.5, 0.6) is 0 Å². The molecule has 0 aliphatic rings. The molecule has 7 heteroatoms. The fraction of sp³-hybridized carbons (Fsp3) is 0. The van der Waals surface area contributed by atoms with E-state index >= 15 is 0 Å². The molecule has 0 bridgehead atoms. The first kappa shape index (κ1) is 11.6. The van der Waals surface area contributed by atoms with E-state index in [1.54, 1.807) is 0 Å². The summed E-state index contributed by atoms with van der Waals surface area (Å²) in [5.74, 6) is -1.22. The number of hydrogen-bond acceptors (Lipinski definition) is 4. The lowest BCUT2D eigenvalue weighted by atomic mass is 10.2. The minimum absolute atomic E-state index is 0.0249. The van der Waals surface area contributed by atoms with E-state index in [-0.39, 0.29) is 11.5 Å². The third-order valence-electron chi connectivity index (χ3n) is 1.88. The lowest BCUT2D eigenvalue weighted by molar-refractivity contribution is 0.102. The third-order valence-corrected chi connectivity index (χ3v) is 2.37. The van der Waals surface area contributed by atoms with Crippen LogP contribution in [0.25, 0.3) is 0 Å². The summed E-state index contributed by atoms with van der Waals surface area (Å²) in [5.41, 5.74) is -0.0909. The largest absolute Gasteiger partial charge is 0.289 e. The molecule has 1 N–H and O–H groups in total. The van der Waals surface area contributed by atoms with E-state index in [4.69, 9.17) is 0 Å². The van der Waals surface area contributed by atoms with Gasteiger partial charge in [0.05, 0.1) is 18.0 Å². The first-order valence-electron chi connectivity index (χ1n) is 4.57. The molecular formula is C10H6BrFN4O. The van der Waals surface area contributed by atoms with Crippen molar-refractivity contribution in [3.05, 3.63) is 46.4 Å². The van der Waals surface area contributed by atoms with E-state index in [1.165, 1.54) is 30.6 Å². The second-order valence-electron chi connectivity index (χ2n) is 3.04. The van der Waals surface area contributed by atoms with Crippen LogP contribution in [0.15, 0.2) is 35.1 Å². The van der Waals surface area contributed by atoms with Gasteiger partial charge >= 0.3 is 0 Å². The number of hydrogen-bond donors (Lipinski definition) is 1. The summed E-state index contributed by atoms with van der Waals surface area (Å²) in [6.07, 6.45) is 2.75. The van der Waals surface area contributed by atoms with Gasteiger partial charge in [-0.1, -0.05) is 15.9 Å². The van der Waals surface area contributed by atoms with E-state index < -0.39 is 11.7 Å². The highest BCUT2D eigenvalue weighted by molar-refractivity contribution is 9.10. The van der Waals surface area contributed by atoms with Gasteiger partial charge in [-0.2, -0.15) is 5.10 Å². The quantitative estimate of drug-likeness (QED) is 0.921. The summed E-state index contributed by atoms with van der Waals surface area (Å²) in [6, 6.07) is 4.08. The maximum Gasteiger partial charge on any atom is 0.261 e. The summed E-state index contributed by atoms with van der Waals surface area (Å²) in [6.45, 7) is 0. The van der Waals surface area contributed by atoms with Crippen LogP contribution in [0.3, 0.4) is 0 Å². The summed E-state index contributed by atoms with van der Waals surface area (Å²) < 4.78 is 14.0. The normalized spacial score (nSPS) is 10.0. The molecule has 1 aromatic heterocycles. The molecule has 0 saturated heterocycles. The first-order valence-corrected chi connectivity index (χ1v) is 5.36. The lowest BCUT2D eigenvalue weighted by Gasteiger charge is -2.04. The number of carbonyl (C=O) groups excluding carboxylic acids is 1. The van der Waals surface area contributed by atoms with Crippen molar-refractivity contribution in [1.29, 1.82) is 0 Å². The predicted octanol–water partition coefficient (Wildman–Crippen LogP) is 2.03. The Morgan fingerprint density at radius 3 is 2.88 bits per heavy atom. The Bertz CT molecular complexity index is 549. The van der Waals surface area contributed by atoms with E-state index in [0.29, 0.717) is 4.47 Å². The van der Waals surface area contributed by atoms with Crippen molar-refractivity contribution in [3.8, 4) is 0 Å². The molecule has 1 amide bonds. The predicted molar refractivity (Wildman–Crippen MR) is 61.9 cm³/mol. The number of nitrogens with one attached hydrogen (secondary N) is 1. The van der Waals surface area contributed by atoms with Crippen LogP contribution in [0.2, 0.25) is 0 Å². The van der Waals surface area contributed by atoms with Crippen molar-refractivity contribution in [2.24, 2.45) is 0 Å². The molecule has 0 unspecified atom stereocenters. The molecule has 1 aromatic carbocycles. The molecule has 86 valence electrons. The average molecular weight is 297 g/mol. The van der Waals surface area contributed by atoms with Gasteiger partial charge in [0.25, 0.3) is 5.91 Å². The summed E-state index contributed by atoms with van der Waals surface area (Å²) >= 11 is 3.16. The van der Waals surface area contributed by atoms with Crippen molar-refractivity contribution in [3.63, 3.8) is 0 Å². The molecule has 2 rings (SSSR count). The van der Waals surface area contributed by atoms with Crippen molar-refractivity contribution in [2.75, 3.05) is 5.32 Å². The van der Waals surface area contributed by atoms with Gasteiger partial charge < -0.3 is 0 Å². The highest BCUT2D eigenvalue weighted by atomic mass is 79.9. The summed E-state index contributed by atoms with van der Waals surface area (Å²) in [5, 5.41) is 9.45. The minimum atomic E-state index is -0.628. The van der Waals surface area contributed by atoms with Crippen molar-refractivity contribution in [1.82, 2.24) is 15.2 Å². The highest BCUT2D eigenvalue weighted by Crippen LogP contribution is 2.16. The summed E-state index contributed by atoms with van der Waals surface area (Å²) in [4.78, 5) is 15.5. The number of rotatable bonds is 2. The van der Waals surface area contributed by atoms with E-state index in [0.717, 1.165) is 0 Å². The fourth-order valence-corrected chi connectivity index (χ4v) is 1.51. The van der Waals surface area contributed by atoms with Crippen molar-refractivity contribution >= 4 is 27.8 Å². The molecule has 0 atom stereocenters. The second-order valence-corrected chi connectivity index (χ2v) is 3.96. The third kappa shape index (κ3) is 2.82. The maximum atomic E-state index is 13.4. The number of anilines is 1. The van der Waals surface area contributed by atoms with Crippen LogP contribution in [0, 0.1) is 5.82 Å². The van der Waals surface area contributed by atoms with Crippen molar-refractivity contribution in [2.45, 2.75) is 0 Å². The molecule has 0 spiro atoms. The Balaban J connectivity index is 2.23. The molecule has 0 saturated carbocycles. The van der Waals surface area contributed by atoms with Crippen LogP contribution in [0.1, 0.15) is 10.4 Å². The molecule has 2 aromatic rings. The Morgan fingerprint density at radius 1 is 1.35 bits per heavy atom. The van der Waals surface area contributed by atoms with Gasteiger partial charge in [0.15, 0.2) is 0 Å². The van der Waals surface area contributed by atoms with Crippen LogP contribution >= 0.6 is 15.9 Å². The Labute approximate surface area is 104 Å². The van der Waals surface area contributed by atoms with Crippen LogP contribution in [-0.2, 0) is 0 Å². The first-order chi connectivity index (χ1) is 8.16. The number of carbonyl (C=O) groups is 1. The maximum absolute atomic E-state index is 13.4. The lowest BCUT2D eigenvalue weighted by Crippen LogP contribution is -2.16. The molecule has 0 radical (unpaired) electrons. The Morgan fingerprint density at radius 2 is 2.18 bits per heavy atom. The van der Waals surface area contributed by atoms with Gasteiger partial charge in [-0.15, -0.1) is 5.10 Å². The number of nitrogens with zero attached hydrogens (tertiary/aromatic N) is 3. The second kappa shape index (κ2) is 4.96. The highest BCUT2D eigenvalue weighted by Gasteiger charge is 2.13. The standard InChI is InChI=1S/C10H6BrFN4O/c11-6-1-2-8(12)7(5-6)9(17)15-10-13-3-4-14-16-10/h1-5H,(H,13,15,16,17). The molecule has 5 nitrogen and oxygen atoms in total. The van der Waals surface area contributed by atoms with Gasteiger partial charge in [0, 0.05) is 4.47 Å². The smallest absolute Gasteiger partial charge is 0.261 e. The zero-order valence-corrected chi connectivity index (χ0v) is 9.98. The monoisotopic (exact) mass is 296 g/mol. The molecule has 17 heavy (non-hydrogen) atoms.